The second-order valence-electron chi connectivity index (χ2n) is 16.6. The van der Waals surface area contributed by atoms with Crippen molar-refractivity contribution in [2.24, 2.45) is 0 Å². The summed E-state index contributed by atoms with van der Waals surface area (Å²) < 4.78 is 43.7. The molecule has 2 fully saturated rings. The molecule has 2 aliphatic rings. The molecular formula is C57H84O12. The van der Waals surface area contributed by atoms with E-state index in [0.717, 1.165) is 94.8 Å². The number of esters is 2. The van der Waals surface area contributed by atoms with Crippen LogP contribution in [0.1, 0.15) is 170 Å². The molecular weight excluding hydrogens is 877 g/mol. The maximum atomic E-state index is 11.5. The van der Waals surface area contributed by atoms with Gasteiger partial charge >= 0.3 is 11.9 Å². The number of allylic oxidation sites excluding steroid dienone is 2. The average molecular weight is 961 g/mol. The van der Waals surface area contributed by atoms with Crippen LogP contribution in [0.3, 0.4) is 0 Å². The Kier molecular flexibility index (Phi) is 35.8. The van der Waals surface area contributed by atoms with E-state index in [1.807, 2.05) is 6.07 Å². The fraction of sp³-hybridized carbons (Fsp3) is 0.596. The Labute approximate surface area is 415 Å². The number of terminal acetylenes is 1. The van der Waals surface area contributed by atoms with Gasteiger partial charge in [-0.3, -0.25) is 4.79 Å². The Morgan fingerprint density at radius 1 is 0.754 bits per heavy atom. The SMILES string of the molecule is C.C#CCC[C@H](CCCCC)OC1CCCCO1.C=CCc1c(C=O)cccc1OCC(=O)OC.C=CCc1c(OCC(=O)OC)cccc1[C@@H](O)C#CCC[C@H](CCCCC)OC1CCCCO1. The van der Waals surface area contributed by atoms with E-state index < -0.39 is 18.0 Å². The summed E-state index contributed by atoms with van der Waals surface area (Å²) in [5.74, 6) is 8.88. The number of methoxy groups -OCH3 is 2. The van der Waals surface area contributed by atoms with Crippen molar-refractivity contribution in [2.45, 2.75) is 181 Å². The van der Waals surface area contributed by atoms with Crippen LogP contribution in [-0.4, -0.2) is 88.8 Å². The molecule has 2 unspecified atom stereocenters. The van der Waals surface area contributed by atoms with Crippen molar-refractivity contribution in [3.8, 4) is 35.7 Å². The van der Waals surface area contributed by atoms with Gasteiger partial charge in [0.2, 0.25) is 0 Å². The summed E-state index contributed by atoms with van der Waals surface area (Å²) in [5.41, 5.74) is 2.67. The molecule has 2 heterocycles. The molecule has 5 atom stereocenters. The summed E-state index contributed by atoms with van der Waals surface area (Å²) >= 11 is 0. The molecule has 384 valence electrons. The second-order valence-corrected chi connectivity index (χ2v) is 16.6. The van der Waals surface area contributed by atoms with Crippen LogP contribution in [-0.2, 0) is 50.9 Å². The molecule has 12 heteroatoms. The Balaban J connectivity index is 0.000000571. The van der Waals surface area contributed by atoms with Gasteiger partial charge in [-0.05, 0) is 94.7 Å². The van der Waals surface area contributed by atoms with E-state index in [1.165, 1.54) is 59.2 Å². The first-order valence-electron chi connectivity index (χ1n) is 24.6. The summed E-state index contributed by atoms with van der Waals surface area (Å²) in [4.78, 5) is 33.3. The standard InChI is InChI=1S/C28H40O6.C15H26O2.C13H14O4.CH4/c1-4-6-7-14-22(34-28-19-10-11-20-32-28)15-8-9-17-25(29)23-16-12-18-26(24(23)13-5-2)33-21-27(30)31-3;1-3-5-7-11-14(10-6-4-2)17-15-12-8-9-13-16-15;1-3-5-11-10(8-14)6-4-7-12(11)17-9-13(15)16-2;/h5,12,16,18,22,25,28-29H,2,4,6-8,10-11,13-15,19-21H2,1,3H3;2,14-15H,3,5-13H2,1H3;3-4,6-8H,1,5,9H2,2H3;1H4/t22-,25-,28?;14-,15?;;/m01../s1. The molecule has 2 aromatic carbocycles. The Hall–Kier alpha value is -4.95. The molecule has 0 aliphatic carbocycles. The molecule has 0 radical (unpaired) electrons. The summed E-state index contributed by atoms with van der Waals surface area (Å²) in [7, 11) is 2.60. The topological polar surface area (TPSA) is 145 Å². The van der Waals surface area contributed by atoms with E-state index in [-0.39, 0.29) is 39.3 Å². The summed E-state index contributed by atoms with van der Waals surface area (Å²) in [6.45, 7) is 13.1. The molecule has 1 N–H and O–H groups in total. The highest BCUT2D eigenvalue weighted by atomic mass is 16.7. The average Bonchev–Trinajstić information content (AvgIpc) is 3.37. The number of hydrogen-bond acceptors (Lipinski definition) is 12. The van der Waals surface area contributed by atoms with Gasteiger partial charge in [-0.15, -0.1) is 31.4 Å². The lowest BCUT2D eigenvalue weighted by molar-refractivity contribution is -0.190. The van der Waals surface area contributed by atoms with Crippen LogP contribution in [0.5, 0.6) is 11.5 Å². The fourth-order valence-corrected chi connectivity index (χ4v) is 7.51. The molecule has 0 bridgehead atoms. The first-order valence-corrected chi connectivity index (χ1v) is 24.6. The molecule has 4 rings (SSSR count). The van der Waals surface area contributed by atoms with Crippen molar-refractivity contribution in [1.82, 2.24) is 0 Å². The normalized spacial score (nSPS) is 16.2. The van der Waals surface area contributed by atoms with Crippen molar-refractivity contribution >= 4 is 18.2 Å². The third-order valence-corrected chi connectivity index (χ3v) is 11.3. The van der Waals surface area contributed by atoms with E-state index in [4.69, 9.17) is 34.8 Å². The highest BCUT2D eigenvalue weighted by Crippen LogP contribution is 2.29. The first kappa shape index (κ1) is 62.1. The van der Waals surface area contributed by atoms with Gasteiger partial charge in [0, 0.05) is 42.7 Å². The predicted molar refractivity (Wildman–Crippen MR) is 273 cm³/mol. The fourth-order valence-electron chi connectivity index (χ4n) is 7.51. The van der Waals surface area contributed by atoms with E-state index in [9.17, 15) is 19.5 Å². The van der Waals surface area contributed by atoms with Crippen LogP contribution in [0.2, 0.25) is 0 Å². The van der Waals surface area contributed by atoms with Crippen LogP contribution >= 0.6 is 0 Å². The Bertz CT molecular complexity index is 1830. The quantitative estimate of drug-likeness (QED) is 0.0285. The van der Waals surface area contributed by atoms with Crippen molar-refractivity contribution in [3.05, 3.63) is 84.0 Å². The minimum absolute atomic E-state index is 0. The number of ether oxygens (including phenoxy) is 8. The number of carbonyl (C=O) groups excluding carboxylic acids is 3. The van der Waals surface area contributed by atoms with Gasteiger partial charge in [-0.25, -0.2) is 9.59 Å². The van der Waals surface area contributed by atoms with E-state index in [1.54, 1.807) is 42.5 Å². The molecule has 2 aromatic rings. The summed E-state index contributed by atoms with van der Waals surface area (Å²) in [6.07, 6.45) is 29.1. The zero-order valence-electron chi connectivity index (χ0n) is 41.5. The maximum Gasteiger partial charge on any atom is 0.343 e. The van der Waals surface area contributed by atoms with Gasteiger partial charge in [0.25, 0.3) is 0 Å². The smallest absolute Gasteiger partial charge is 0.343 e. The molecule has 0 aromatic heterocycles. The number of aldehydes is 1. The molecule has 12 nitrogen and oxygen atoms in total. The molecule has 2 aliphatic heterocycles. The van der Waals surface area contributed by atoms with Crippen molar-refractivity contribution in [2.75, 3.05) is 40.6 Å². The lowest BCUT2D eigenvalue weighted by Gasteiger charge is -2.27. The number of rotatable bonds is 28. The van der Waals surface area contributed by atoms with Gasteiger partial charge in [0.1, 0.15) is 23.9 Å². The zero-order valence-corrected chi connectivity index (χ0v) is 41.5. The first-order chi connectivity index (χ1) is 33.2. The van der Waals surface area contributed by atoms with Gasteiger partial charge in [-0.1, -0.05) is 102 Å². The molecule has 0 saturated carbocycles. The number of carbonyl (C=O) groups is 3. The number of unbranched alkanes of at least 4 members (excludes halogenated alkanes) is 4. The molecule has 69 heavy (non-hydrogen) atoms. The van der Waals surface area contributed by atoms with Gasteiger partial charge in [-0.2, -0.15) is 0 Å². The van der Waals surface area contributed by atoms with Crippen LogP contribution in [0, 0.1) is 24.2 Å². The number of hydrogen-bond donors (Lipinski definition) is 1. The van der Waals surface area contributed by atoms with Gasteiger partial charge in [0.15, 0.2) is 25.8 Å². The van der Waals surface area contributed by atoms with Crippen molar-refractivity contribution in [3.63, 3.8) is 0 Å². The summed E-state index contributed by atoms with van der Waals surface area (Å²) in [6, 6.07) is 10.5. The zero-order chi connectivity index (χ0) is 49.6. The van der Waals surface area contributed by atoms with E-state index >= 15 is 0 Å². The second kappa shape index (κ2) is 39.8. The third kappa shape index (κ3) is 26.6. The minimum atomic E-state index is -0.960. The van der Waals surface area contributed by atoms with Crippen LogP contribution < -0.4 is 9.47 Å². The number of aliphatic hydroxyl groups excluding tert-OH is 1. The number of aliphatic hydroxyl groups is 1. The monoisotopic (exact) mass is 961 g/mol. The number of benzene rings is 2. The largest absolute Gasteiger partial charge is 0.482 e. The van der Waals surface area contributed by atoms with E-state index in [0.29, 0.717) is 48.0 Å². The lowest BCUT2D eigenvalue weighted by atomic mass is 9.98. The van der Waals surface area contributed by atoms with Crippen molar-refractivity contribution < 1.29 is 57.4 Å². The van der Waals surface area contributed by atoms with Gasteiger partial charge < -0.3 is 43.0 Å². The minimum Gasteiger partial charge on any atom is -0.482 e. The molecule has 0 amide bonds. The third-order valence-electron chi connectivity index (χ3n) is 11.3. The van der Waals surface area contributed by atoms with Crippen LogP contribution in [0.15, 0.2) is 61.7 Å². The van der Waals surface area contributed by atoms with Crippen LogP contribution in [0.25, 0.3) is 0 Å². The van der Waals surface area contributed by atoms with Gasteiger partial charge in [0.05, 0.1) is 26.4 Å². The van der Waals surface area contributed by atoms with E-state index in [2.05, 4.69) is 54.2 Å². The lowest BCUT2D eigenvalue weighted by Crippen LogP contribution is -2.28. The maximum absolute atomic E-state index is 11.5. The highest BCUT2D eigenvalue weighted by Gasteiger charge is 2.21. The highest BCUT2D eigenvalue weighted by molar-refractivity contribution is 5.79. The summed E-state index contributed by atoms with van der Waals surface area (Å²) in [5, 5.41) is 10.8. The van der Waals surface area contributed by atoms with Crippen LogP contribution in [0.4, 0.5) is 0 Å². The predicted octanol–water partition coefficient (Wildman–Crippen LogP) is 11.6. The Morgan fingerprint density at radius 3 is 1.72 bits per heavy atom. The molecule has 2 saturated heterocycles. The Morgan fingerprint density at radius 2 is 1.26 bits per heavy atom. The molecule has 0 spiro atoms. The van der Waals surface area contributed by atoms with Crippen molar-refractivity contribution in [1.29, 1.82) is 0 Å².